The SMILES string of the molecule is COc1cc2nc(N3CCN(C(=O)C4CCc5cc(F)ccc5O4)CC3)nc(N)c2cc1F. The van der Waals surface area contributed by atoms with E-state index in [1.54, 1.807) is 11.0 Å². The molecule has 33 heavy (non-hydrogen) atoms. The van der Waals surface area contributed by atoms with Gasteiger partial charge in [-0.2, -0.15) is 4.98 Å². The number of methoxy groups -OCH3 is 1. The predicted octanol–water partition coefficient (Wildman–Crippen LogP) is 2.54. The van der Waals surface area contributed by atoms with Gasteiger partial charge in [0.2, 0.25) is 5.95 Å². The summed E-state index contributed by atoms with van der Waals surface area (Å²) in [6.07, 6.45) is 0.528. The zero-order valence-electron chi connectivity index (χ0n) is 18.1. The number of carbonyl (C=O) groups is 1. The molecule has 0 radical (unpaired) electrons. The van der Waals surface area contributed by atoms with E-state index in [-0.39, 0.29) is 23.3 Å². The Hall–Kier alpha value is -3.69. The van der Waals surface area contributed by atoms with Crippen LogP contribution in [-0.4, -0.2) is 60.2 Å². The zero-order valence-corrected chi connectivity index (χ0v) is 18.1. The first-order chi connectivity index (χ1) is 15.9. The van der Waals surface area contributed by atoms with E-state index in [0.717, 1.165) is 5.56 Å². The van der Waals surface area contributed by atoms with Gasteiger partial charge < -0.3 is 25.0 Å². The maximum atomic E-state index is 14.0. The molecule has 2 N–H and O–H groups in total. The summed E-state index contributed by atoms with van der Waals surface area (Å²) in [5.41, 5.74) is 7.33. The summed E-state index contributed by atoms with van der Waals surface area (Å²) in [5, 5.41) is 0.417. The molecule has 2 aliphatic heterocycles. The fraction of sp³-hybridized carbons (Fsp3) is 0.348. The van der Waals surface area contributed by atoms with Crippen molar-refractivity contribution < 1.29 is 23.0 Å². The van der Waals surface area contributed by atoms with Gasteiger partial charge in [0.1, 0.15) is 17.4 Å². The van der Waals surface area contributed by atoms with Crippen molar-refractivity contribution in [2.45, 2.75) is 18.9 Å². The molecule has 0 bridgehead atoms. The molecule has 10 heteroatoms. The normalized spacial score (nSPS) is 18.1. The molecule has 1 saturated heterocycles. The van der Waals surface area contributed by atoms with Crippen molar-refractivity contribution >= 4 is 28.6 Å². The molecule has 5 rings (SSSR count). The first kappa shape index (κ1) is 21.2. The third-order valence-corrected chi connectivity index (χ3v) is 6.10. The molecule has 8 nitrogen and oxygen atoms in total. The van der Waals surface area contributed by atoms with Crippen molar-refractivity contribution in [3.05, 3.63) is 47.5 Å². The number of aromatic nitrogens is 2. The van der Waals surface area contributed by atoms with Crippen molar-refractivity contribution in [2.24, 2.45) is 0 Å². The van der Waals surface area contributed by atoms with Crippen LogP contribution in [0.15, 0.2) is 30.3 Å². The van der Waals surface area contributed by atoms with Crippen LogP contribution in [0.5, 0.6) is 11.5 Å². The molecule has 172 valence electrons. The highest BCUT2D eigenvalue weighted by Gasteiger charge is 2.32. The van der Waals surface area contributed by atoms with E-state index in [0.29, 0.717) is 61.6 Å². The molecule has 1 unspecified atom stereocenters. The van der Waals surface area contributed by atoms with Gasteiger partial charge in [-0.05, 0) is 42.7 Å². The third kappa shape index (κ3) is 3.96. The molecule has 1 amide bonds. The van der Waals surface area contributed by atoms with Gasteiger partial charge in [-0.25, -0.2) is 13.8 Å². The molecule has 0 aliphatic carbocycles. The average Bonchev–Trinajstić information content (AvgIpc) is 2.83. The van der Waals surface area contributed by atoms with Gasteiger partial charge in [-0.1, -0.05) is 0 Å². The van der Waals surface area contributed by atoms with Crippen LogP contribution >= 0.6 is 0 Å². The van der Waals surface area contributed by atoms with E-state index in [4.69, 9.17) is 15.2 Å². The number of carbonyl (C=O) groups excluding carboxylic acids is 1. The molecular formula is C23H23F2N5O3. The van der Waals surface area contributed by atoms with Gasteiger partial charge in [0.25, 0.3) is 5.91 Å². The average molecular weight is 455 g/mol. The minimum absolute atomic E-state index is 0.0798. The number of hydrogen-bond acceptors (Lipinski definition) is 7. The van der Waals surface area contributed by atoms with Crippen molar-refractivity contribution in [1.29, 1.82) is 0 Å². The van der Waals surface area contributed by atoms with Crippen LogP contribution in [0.4, 0.5) is 20.5 Å². The van der Waals surface area contributed by atoms with E-state index < -0.39 is 11.9 Å². The molecule has 1 aromatic heterocycles. The molecule has 3 aromatic rings. The zero-order chi connectivity index (χ0) is 23.1. The molecule has 1 atom stereocenters. The lowest BCUT2D eigenvalue weighted by atomic mass is 10.0. The Kier molecular flexibility index (Phi) is 5.35. The number of fused-ring (bicyclic) bond motifs is 2. The highest BCUT2D eigenvalue weighted by molar-refractivity contribution is 5.90. The van der Waals surface area contributed by atoms with Crippen molar-refractivity contribution in [2.75, 3.05) is 43.9 Å². The second-order valence-corrected chi connectivity index (χ2v) is 8.12. The second-order valence-electron chi connectivity index (χ2n) is 8.12. The van der Waals surface area contributed by atoms with Gasteiger partial charge in [-0.3, -0.25) is 4.79 Å². The van der Waals surface area contributed by atoms with E-state index in [1.165, 1.54) is 31.4 Å². The molecule has 2 aromatic carbocycles. The number of piperazine rings is 1. The van der Waals surface area contributed by atoms with Gasteiger partial charge in [-0.15, -0.1) is 0 Å². The number of nitrogen functional groups attached to an aromatic ring is 1. The maximum Gasteiger partial charge on any atom is 0.263 e. The summed E-state index contributed by atoms with van der Waals surface area (Å²) in [6.45, 7) is 1.99. The first-order valence-corrected chi connectivity index (χ1v) is 10.7. The Morgan fingerprint density at radius 1 is 1.15 bits per heavy atom. The minimum atomic E-state index is -0.579. The fourth-order valence-electron chi connectivity index (χ4n) is 4.30. The van der Waals surface area contributed by atoms with Crippen LogP contribution in [0.25, 0.3) is 10.9 Å². The quantitative estimate of drug-likeness (QED) is 0.649. The topological polar surface area (TPSA) is 93.8 Å². The summed E-state index contributed by atoms with van der Waals surface area (Å²) in [6, 6.07) is 7.12. The van der Waals surface area contributed by atoms with Gasteiger partial charge in [0.15, 0.2) is 17.7 Å². The molecule has 1 fully saturated rings. The highest BCUT2D eigenvalue weighted by Crippen LogP contribution is 2.30. The van der Waals surface area contributed by atoms with E-state index in [2.05, 4.69) is 9.97 Å². The van der Waals surface area contributed by atoms with Crippen LogP contribution in [0.1, 0.15) is 12.0 Å². The van der Waals surface area contributed by atoms with E-state index >= 15 is 0 Å². The summed E-state index contributed by atoms with van der Waals surface area (Å²) in [7, 11) is 1.39. The van der Waals surface area contributed by atoms with Gasteiger partial charge in [0, 0.05) is 37.6 Å². The first-order valence-electron chi connectivity index (χ1n) is 10.7. The number of ether oxygens (including phenoxy) is 2. The number of benzene rings is 2. The van der Waals surface area contributed by atoms with Crippen LogP contribution in [-0.2, 0) is 11.2 Å². The Morgan fingerprint density at radius 2 is 1.94 bits per heavy atom. The number of amides is 1. The van der Waals surface area contributed by atoms with Crippen molar-refractivity contribution in [1.82, 2.24) is 14.9 Å². The second kappa shape index (κ2) is 8.34. The number of rotatable bonds is 3. The third-order valence-electron chi connectivity index (χ3n) is 6.10. The Bertz CT molecular complexity index is 1230. The van der Waals surface area contributed by atoms with Crippen molar-refractivity contribution in [3.8, 4) is 11.5 Å². The number of nitrogens with two attached hydrogens (primary N) is 1. The lowest BCUT2D eigenvalue weighted by molar-refractivity contribution is -0.139. The Morgan fingerprint density at radius 3 is 2.70 bits per heavy atom. The molecule has 0 saturated carbocycles. The van der Waals surface area contributed by atoms with Crippen LogP contribution < -0.4 is 20.1 Å². The smallest absolute Gasteiger partial charge is 0.263 e. The highest BCUT2D eigenvalue weighted by atomic mass is 19.1. The standard InChI is InChI=1S/C23H23F2N5O3/c1-32-20-12-17-15(11-16(20)25)21(26)28-23(27-17)30-8-6-29(7-9-30)22(31)19-4-2-13-10-14(24)3-5-18(13)33-19/h3,5,10-12,19H,2,4,6-9H2,1H3,(H2,26,27,28). The van der Waals surface area contributed by atoms with E-state index in [9.17, 15) is 13.6 Å². The van der Waals surface area contributed by atoms with Gasteiger partial charge in [0.05, 0.1) is 12.6 Å². The molecule has 0 spiro atoms. The number of aryl methyl sites for hydroxylation is 1. The summed E-state index contributed by atoms with van der Waals surface area (Å²) in [4.78, 5) is 25.6. The van der Waals surface area contributed by atoms with Crippen LogP contribution in [0, 0.1) is 11.6 Å². The molecule has 3 heterocycles. The number of nitrogens with zero attached hydrogens (tertiary/aromatic N) is 4. The van der Waals surface area contributed by atoms with Gasteiger partial charge >= 0.3 is 0 Å². The minimum Gasteiger partial charge on any atom is -0.494 e. The molecule has 2 aliphatic rings. The summed E-state index contributed by atoms with van der Waals surface area (Å²) in [5.74, 6) is 0.330. The van der Waals surface area contributed by atoms with Crippen LogP contribution in [0.3, 0.4) is 0 Å². The predicted molar refractivity (Wildman–Crippen MR) is 118 cm³/mol. The largest absolute Gasteiger partial charge is 0.494 e. The monoisotopic (exact) mass is 455 g/mol. The Labute approximate surface area is 188 Å². The van der Waals surface area contributed by atoms with E-state index in [1.807, 2.05) is 4.90 Å². The van der Waals surface area contributed by atoms with Crippen LogP contribution in [0.2, 0.25) is 0 Å². The number of halogens is 2. The lowest BCUT2D eigenvalue weighted by Crippen LogP contribution is -2.53. The number of hydrogen-bond donors (Lipinski definition) is 1. The van der Waals surface area contributed by atoms with Crippen molar-refractivity contribution in [3.63, 3.8) is 0 Å². The lowest BCUT2D eigenvalue weighted by Gasteiger charge is -2.37. The Balaban J connectivity index is 1.27. The fourth-order valence-corrected chi connectivity index (χ4v) is 4.30. The number of anilines is 2. The summed E-state index contributed by atoms with van der Waals surface area (Å²) < 4.78 is 38.3. The summed E-state index contributed by atoms with van der Waals surface area (Å²) >= 11 is 0. The molecular weight excluding hydrogens is 432 g/mol. The maximum absolute atomic E-state index is 14.0.